The van der Waals surface area contributed by atoms with Gasteiger partial charge in [-0.05, 0) is 45.6 Å². The fourth-order valence-electron chi connectivity index (χ4n) is 3.38. The van der Waals surface area contributed by atoms with E-state index in [0.717, 1.165) is 42.6 Å². The Morgan fingerprint density at radius 3 is 2.79 bits per heavy atom. The topological polar surface area (TPSA) is 81.8 Å². The first kappa shape index (κ1) is 16.4. The largest absolute Gasteiger partial charge is 0.349 e. The maximum atomic E-state index is 12.5. The van der Waals surface area contributed by atoms with Gasteiger partial charge >= 0.3 is 5.69 Å². The van der Waals surface area contributed by atoms with Crippen molar-refractivity contribution in [1.82, 2.24) is 24.6 Å². The highest BCUT2D eigenvalue weighted by atomic mass is 16.2. The third-order valence-electron chi connectivity index (χ3n) is 4.50. The Kier molecular flexibility index (Phi) is 4.51. The third kappa shape index (κ3) is 3.11. The van der Waals surface area contributed by atoms with Crippen LogP contribution in [0.4, 0.5) is 0 Å². The van der Waals surface area contributed by atoms with Crippen LogP contribution in [0.2, 0.25) is 0 Å². The summed E-state index contributed by atoms with van der Waals surface area (Å²) in [6.45, 7) is 4.45. The SMILES string of the molecule is Cc1cc(C)n(CCNC(=O)c2c3c(nn2C)CCCC3)c(=O)n1. The van der Waals surface area contributed by atoms with Crippen molar-refractivity contribution >= 4 is 5.91 Å². The van der Waals surface area contributed by atoms with Crippen LogP contribution in [0.5, 0.6) is 0 Å². The Bertz CT molecular complexity index is 834. The van der Waals surface area contributed by atoms with Gasteiger partial charge in [-0.1, -0.05) is 0 Å². The molecule has 2 aromatic rings. The van der Waals surface area contributed by atoms with Crippen LogP contribution in [0.3, 0.4) is 0 Å². The van der Waals surface area contributed by atoms with E-state index in [-0.39, 0.29) is 11.6 Å². The Hall–Kier alpha value is -2.44. The van der Waals surface area contributed by atoms with Crippen LogP contribution < -0.4 is 11.0 Å². The number of fused-ring (bicyclic) bond motifs is 1. The quantitative estimate of drug-likeness (QED) is 0.904. The first-order valence-corrected chi connectivity index (χ1v) is 8.35. The van der Waals surface area contributed by atoms with E-state index in [2.05, 4.69) is 15.4 Å². The van der Waals surface area contributed by atoms with Crippen molar-refractivity contribution < 1.29 is 4.79 Å². The smallest absolute Gasteiger partial charge is 0.348 e. The van der Waals surface area contributed by atoms with Crippen LogP contribution in [0, 0.1) is 13.8 Å². The van der Waals surface area contributed by atoms with E-state index in [4.69, 9.17) is 0 Å². The second-order valence-electron chi connectivity index (χ2n) is 6.33. The molecule has 1 amide bonds. The van der Waals surface area contributed by atoms with Crippen molar-refractivity contribution in [3.8, 4) is 0 Å². The van der Waals surface area contributed by atoms with Gasteiger partial charge in [-0.3, -0.25) is 14.0 Å². The van der Waals surface area contributed by atoms with E-state index in [0.29, 0.717) is 24.5 Å². The van der Waals surface area contributed by atoms with Gasteiger partial charge in [0.25, 0.3) is 5.91 Å². The third-order valence-corrected chi connectivity index (χ3v) is 4.50. The number of hydrogen-bond acceptors (Lipinski definition) is 4. The van der Waals surface area contributed by atoms with Gasteiger partial charge in [-0.15, -0.1) is 0 Å². The van der Waals surface area contributed by atoms with Crippen molar-refractivity contribution in [1.29, 1.82) is 0 Å². The fraction of sp³-hybridized carbons (Fsp3) is 0.529. The predicted molar refractivity (Wildman–Crippen MR) is 90.2 cm³/mol. The number of carbonyl (C=O) groups is 1. The first-order valence-electron chi connectivity index (χ1n) is 8.35. The van der Waals surface area contributed by atoms with Gasteiger partial charge < -0.3 is 5.32 Å². The Morgan fingerprint density at radius 1 is 1.29 bits per heavy atom. The van der Waals surface area contributed by atoms with Gasteiger partial charge in [-0.25, -0.2) is 4.79 Å². The van der Waals surface area contributed by atoms with Crippen LogP contribution >= 0.6 is 0 Å². The van der Waals surface area contributed by atoms with Crippen molar-refractivity contribution in [2.24, 2.45) is 7.05 Å². The van der Waals surface area contributed by atoms with Crippen molar-refractivity contribution in [3.05, 3.63) is 44.9 Å². The minimum absolute atomic E-state index is 0.126. The number of nitrogens with one attached hydrogen (secondary N) is 1. The fourth-order valence-corrected chi connectivity index (χ4v) is 3.38. The lowest BCUT2D eigenvalue weighted by Gasteiger charge is -2.13. The van der Waals surface area contributed by atoms with Crippen LogP contribution in [0.25, 0.3) is 0 Å². The molecular weight excluding hydrogens is 306 g/mol. The van der Waals surface area contributed by atoms with Gasteiger partial charge in [0, 0.05) is 37.1 Å². The van der Waals surface area contributed by atoms with Crippen LogP contribution in [0.15, 0.2) is 10.9 Å². The number of nitrogens with zero attached hydrogens (tertiary/aromatic N) is 4. The van der Waals surface area contributed by atoms with E-state index in [1.54, 1.807) is 16.2 Å². The van der Waals surface area contributed by atoms with Crippen LogP contribution in [-0.2, 0) is 26.4 Å². The van der Waals surface area contributed by atoms with Gasteiger partial charge in [0.2, 0.25) is 0 Å². The lowest BCUT2D eigenvalue weighted by atomic mass is 9.95. The molecule has 0 spiro atoms. The molecule has 24 heavy (non-hydrogen) atoms. The molecule has 0 bridgehead atoms. The molecule has 0 unspecified atom stereocenters. The molecule has 2 aromatic heterocycles. The molecule has 2 heterocycles. The molecule has 1 N–H and O–H groups in total. The summed E-state index contributed by atoms with van der Waals surface area (Å²) in [6, 6.07) is 1.86. The second kappa shape index (κ2) is 6.59. The van der Waals surface area contributed by atoms with E-state index in [9.17, 15) is 9.59 Å². The maximum absolute atomic E-state index is 12.5. The number of amides is 1. The highest BCUT2D eigenvalue weighted by molar-refractivity contribution is 5.94. The van der Waals surface area contributed by atoms with Gasteiger partial charge in [0.15, 0.2) is 0 Å². The Morgan fingerprint density at radius 2 is 2.04 bits per heavy atom. The molecule has 0 saturated carbocycles. The summed E-state index contributed by atoms with van der Waals surface area (Å²) in [7, 11) is 1.81. The molecule has 0 saturated heterocycles. The minimum Gasteiger partial charge on any atom is -0.349 e. The minimum atomic E-state index is -0.278. The van der Waals surface area contributed by atoms with E-state index in [1.165, 1.54) is 0 Å². The molecule has 0 radical (unpaired) electrons. The molecule has 0 aromatic carbocycles. The molecule has 1 aliphatic carbocycles. The number of aryl methyl sites for hydroxylation is 4. The average Bonchev–Trinajstić information content (AvgIpc) is 2.85. The number of aromatic nitrogens is 4. The molecule has 0 atom stereocenters. The lowest BCUT2D eigenvalue weighted by Crippen LogP contribution is -2.34. The molecule has 3 rings (SSSR count). The van der Waals surface area contributed by atoms with Crippen molar-refractivity contribution in [2.75, 3.05) is 6.54 Å². The number of carbonyl (C=O) groups excluding carboxylic acids is 1. The summed E-state index contributed by atoms with van der Waals surface area (Å²) in [4.78, 5) is 28.4. The molecule has 0 aliphatic heterocycles. The molecule has 7 nitrogen and oxygen atoms in total. The average molecular weight is 329 g/mol. The number of hydrogen-bond donors (Lipinski definition) is 1. The summed E-state index contributed by atoms with van der Waals surface area (Å²) in [5.74, 6) is -0.126. The Balaban J connectivity index is 1.69. The molecule has 7 heteroatoms. The zero-order valence-electron chi connectivity index (χ0n) is 14.4. The highest BCUT2D eigenvalue weighted by Crippen LogP contribution is 2.23. The van der Waals surface area contributed by atoms with Gasteiger partial charge in [-0.2, -0.15) is 10.1 Å². The summed E-state index contributed by atoms with van der Waals surface area (Å²) in [5, 5.41) is 7.37. The molecule has 1 aliphatic rings. The maximum Gasteiger partial charge on any atom is 0.348 e. The second-order valence-corrected chi connectivity index (χ2v) is 6.33. The summed E-state index contributed by atoms with van der Waals surface area (Å²) in [6.07, 6.45) is 4.09. The van der Waals surface area contributed by atoms with Gasteiger partial charge in [0.1, 0.15) is 5.69 Å². The highest BCUT2D eigenvalue weighted by Gasteiger charge is 2.23. The van der Waals surface area contributed by atoms with Crippen molar-refractivity contribution in [3.63, 3.8) is 0 Å². The summed E-state index contributed by atoms with van der Waals surface area (Å²) in [5.41, 5.74) is 4.05. The number of rotatable bonds is 4. The van der Waals surface area contributed by atoms with E-state index < -0.39 is 0 Å². The summed E-state index contributed by atoms with van der Waals surface area (Å²) < 4.78 is 3.25. The normalized spacial score (nSPS) is 13.6. The zero-order chi connectivity index (χ0) is 17.3. The summed E-state index contributed by atoms with van der Waals surface area (Å²) >= 11 is 0. The molecular formula is C17H23N5O2. The van der Waals surface area contributed by atoms with Gasteiger partial charge in [0.05, 0.1) is 5.69 Å². The van der Waals surface area contributed by atoms with Crippen LogP contribution in [-0.4, -0.2) is 31.8 Å². The van der Waals surface area contributed by atoms with Crippen LogP contribution in [0.1, 0.15) is 46.0 Å². The standard InChI is InChI=1S/C17H23N5O2/c1-11-10-12(2)22(17(24)19-11)9-8-18-16(23)15-13-6-4-5-7-14(13)20-21(15)3/h10H,4-9H2,1-3H3,(H,18,23). The molecule has 0 fully saturated rings. The Labute approximate surface area is 140 Å². The monoisotopic (exact) mass is 329 g/mol. The van der Waals surface area contributed by atoms with E-state index >= 15 is 0 Å². The van der Waals surface area contributed by atoms with Crippen molar-refractivity contribution in [2.45, 2.75) is 46.1 Å². The lowest BCUT2D eigenvalue weighted by molar-refractivity contribution is 0.0941. The predicted octanol–water partition coefficient (Wildman–Crippen LogP) is 0.902. The first-order chi connectivity index (χ1) is 11.5. The zero-order valence-corrected chi connectivity index (χ0v) is 14.4. The van der Waals surface area contributed by atoms with E-state index in [1.807, 2.05) is 20.0 Å². The molecule has 128 valence electrons.